The predicted octanol–water partition coefficient (Wildman–Crippen LogP) is 1.09. The molecule has 1 aliphatic heterocycles. The molecule has 1 heterocycles. The van der Waals surface area contributed by atoms with Gasteiger partial charge in [0.1, 0.15) is 5.75 Å². The molecule has 1 N–H and O–H groups in total. The highest BCUT2D eigenvalue weighted by atomic mass is 16.6. The molecule has 1 aromatic carbocycles. The van der Waals surface area contributed by atoms with Crippen LogP contribution in [0, 0.1) is 10.1 Å². The minimum absolute atomic E-state index is 0.0745. The van der Waals surface area contributed by atoms with Crippen molar-refractivity contribution in [3.05, 3.63) is 27.8 Å². The molecule has 0 atom stereocenters. The van der Waals surface area contributed by atoms with Crippen LogP contribution in [0.15, 0.2) is 12.1 Å². The van der Waals surface area contributed by atoms with E-state index in [9.17, 15) is 14.9 Å². The van der Waals surface area contributed by atoms with Crippen LogP contribution in [0.3, 0.4) is 0 Å². The lowest BCUT2D eigenvalue weighted by Gasteiger charge is -2.26. The summed E-state index contributed by atoms with van der Waals surface area (Å²) in [4.78, 5) is 25.2. The Bertz CT molecular complexity index is 585. The molecule has 1 fully saturated rings. The zero-order chi connectivity index (χ0) is 16.8. The highest BCUT2D eigenvalue weighted by Gasteiger charge is 2.23. The number of nitro groups is 1. The van der Waals surface area contributed by atoms with Crippen LogP contribution in [0.5, 0.6) is 11.5 Å². The van der Waals surface area contributed by atoms with Crippen molar-refractivity contribution in [1.82, 2.24) is 10.2 Å². The van der Waals surface area contributed by atoms with E-state index in [1.807, 2.05) is 0 Å². The third-order valence-electron chi connectivity index (χ3n) is 3.86. The standard InChI is InChI=1S/C15H21N3O5/c1-22-14-10-15(23-2)12(18(20)21)9-11(14)13(19)3-6-17-7-4-16-5-8-17/h9-10,16H,3-8H2,1-2H3. The third-order valence-corrected chi connectivity index (χ3v) is 3.86. The average molecular weight is 323 g/mol. The summed E-state index contributed by atoms with van der Waals surface area (Å²) in [7, 11) is 2.77. The number of piperazine rings is 1. The topological polar surface area (TPSA) is 93.9 Å². The van der Waals surface area contributed by atoms with Gasteiger partial charge in [-0.2, -0.15) is 0 Å². The third kappa shape index (κ3) is 4.17. The number of nitrogens with zero attached hydrogens (tertiary/aromatic N) is 2. The van der Waals surface area contributed by atoms with Gasteiger partial charge in [-0.05, 0) is 0 Å². The molecule has 1 aromatic rings. The van der Waals surface area contributed by atoms with E-state index >= 15 is 0 Å². The number of ketones is 1. The number of nitro benzene ring substituents is 1. The maximum absolute atomic E-state index is 12.5. The molecule has 1 saturated heterocycles. The van der Waals surface area contributed by atoms with Gasteiger partial charge in [0, 0.05) is 51.3 Å². The lowest BCUT2D eigenvalue weighted by molar-refractivity contribution is -0.385. The zero-order valence-electron chi connectivity index (χ0n) is 13.3. The summed E-state index contributed by atoms with van der Waals surface area (Å²) in [6.45, 7) is 4.24. The summed E-state index contributed by atoms with van der Waals surface area (Å²) < 4.78 is 10.2. The molecule has 1 aliphatic rings. The molecule has 0 unspecified atom stereocenters. The van der Waals surface area contributed by atoms with E-state index < -0.39 is 4.92 Å². The smallest absolute Gasteiger partial charge is 0.311 e. The minimum Gasteiger partial charge on any atom is -0.496 e. The highest BCUT2D eigenvalue weighted by Crippen LogP contribution is 2.35. The molecule has 8 nitrogen and oxygen atoms in total. The van der Waals surface area contributed by atoms with Crippen molar-refractivity contribution in [2.24, 2.45) is 0 Å². The van der Waals surface area contributed by atoms with Crippen molar-refractivity contribution in [3.63, 3.8) is 0 Å². The first-order chi connectivity index (χ1) is 11.1. The zero-order valence-corrected chi connectivity index (χ0v) is 13.3. The lowest BCUT2D eigenvalue weighted by atomic mass is 10.0. The Kier molecular flexibility index (Phi) is 5.89. The van der Waals surface area contributed by atoms with Gasteiger partial charge in [0.15, 0.2) is 5.78 Å². The van der Waals surface area contributed by atoms with Crippen molar-refractivity contribution in [2.45, 2.75) is 6.42 Å². The molecule has 0 aliphatic carbocycles. The van der Waals surface area contributed by atoms with Gasteiger partial charge in [-0.15, -0.1) is 0 Å². The number of hydrogen-bond acceptors (Lipinski definition) is 7. The van der Waals surface area contributed by atoms with E-state index in [0.717, 1.165) is 26.2 Å². The Morgan fingerprint density at radius 3 is 2.48 bits per heavy atom. The summed E-state index contributed by atoms with van der Waals surface area (Å²) in [5.41, 5.74) is -0.0195. The normalized spacial score (nSPS) is 15.2. The van der Waals surface area contributed by atoms with Crippen LogP contribution < -0.4 is 14.8 Å². The molecule has 8 heteroatoms. The maximum atomic E-state index is 12.5. The second-order valence-corrected chi connectivity index (χ2v) is 5.25. The number of hydrogen-bond donors (Lipinski definition) is 1. The van der Waals surface area contributed by atoms with E-state index in [1.54, 1.807) is 0 Å². The van der Waals surface area contributed by atoms with Gasteiger partial charge >= 0.3 is 5.69 Å². The molecule has 0 amide bonds. The molecule has 0 aromatic heterocycles. The number of benzene rings is 1. The summed E-state index contributed by atoms with van der Waals surface area (Å²) in [6.07, 6.45) is 0.292. The molecule has 0 spiro atoms. The highest BCUT2D eigenvalue weighted by molar-refractivity contribution is 5.99. The fourth-order valence-electron chi connectivity index (χ4n) is 2.57. The number of carbonyl (C=O) groups is 1. The Morgan fingerprint density at radius 2 is 1.91 bits per heavy atom. The van der Waals surface area contributed by atoms with E-state index in [1.165, 1.54) is 26.4 Å². The van der Waals surface area contributed by atoms with E-state index in [-0.39, 0.29) is 28.5 Å². The van der Waals surface area contributed by atoms with E-state index in [0.29, 0.717) is 13.0 Å². The van der Waals surface area contributed by atoms with Gasteiger partial charge in [-0.1, -0.05) is 0 Å². The van der Waals surface area contributed by atoms with Crippen LogP contribution in [0.25, 0.3) is 0 Å². The molecule has 23 heavy (non-hydrogen) atoms. The van der Waals surface area contributed by atoms with Gasteiger partial charge in [0.2, 0.25) is 5.75 Å². The molecule has 0 radical (unpaired) electrons. The van der Waals surface area contributed by atoms with Gasteiger partial charge in [0.05, 0.1) is 24.7 Å². The van der Waals surface area contributed by atoms with Crippen molar-refractivity contribution in [1.29, 1.82) is 0 Å². The van der Waals surface area contributed by atoms with Crippen LogP contribution in [0.2, 0.25) is 0 Å². The van der Waals surface area contributed by atoms with Crippen molar-refractivity contribution in [2.75, 3.05) is 46.9 Å². The molecular formula is C15H21N3O5. The summed E-state index contributed by atoms with van der Waals surface area (Å²) in [5, 5.41) is 14.4. The molecule has 0 saturated carbocycles. The quantitative estimate of drug-likeness (QED) is 0.456. The summed E-state index contributed by atoms with van der Waals surface area (Å²) in [6, 6.07) is 2.62. The number of methoxy groups -OCH3 is 2. The summed E-state index contributed by atoms with van der Waals surface area (Å²) in [5.74, 6) is 0.189. The number of rotatable bonds is 7. The largest absolute Gasteiger partial charge is 0.496 e. The first-order valence-electron chi connectivity index (χ1n) is 7.43. The van der Waals surface area contributed by atoms with Crippen molar-refractivity contribution < 1.29 is 19.2 Å². The van der Waals surface area contributed by atoms with Crippen LogP contribution in [-0.4, -0.2) is 62.5 Å². The second kappa shape index (κ2) is 7.89. The number of Topliss-reactive ketones (excluding diaryl/α,β-unsaturated/α-hetero) is 1. The Morgan fingerprint density at radius 1 is 1.26 bits per heavy atom. The fourth-order valence-corrected chi connectivity index (χ4v) is 2.57. The number of nitrogens with one attached hydrogen (secondary N) is 1. The minimum atomic E-state index is -0.564. The van der Waals surface area contributed by atoms with Gasteiger partial charge in [0.25, 0.3) is 0 Å². The Balaban J connectivity index is 2.17. The van der Waals surface area contributed by atoms with Crippen LogP contribution >= 0.6 is 0 Å². The van der Waals surface area contributed by atoms with E-state index in [4.69, 9.17) is 9.47 Å². The van der Waals surface area contributed by atoms with Gasteiger partial charge in [-0.3, -0.25) is 14.9 Å². The number of ether oxygens (including phenoxy) is 2. The molecule has 0 bridgehead atoms. The van der Waals surface area contributed by atoms with Gasteiger partial charge in [-0.25, -0.2) is 0 Å². The van der Waals surface area contributed by atoms with E-state index in [2.05, 4.69) is 10.2 Å². The van der Waals surface area contributed by atoms with Crippen LogP contribution in [-0.2, 0) is 0 Å². The van der Waals surface area contributed by atoms with Crippen molar-refractivity contribution in [3.8, 4) is 11.5 Å². The lowest BCUT2D eigenvalue weighted by Crippen LogP contribution is -2.44. The Hall–Kier alpha value is -2.19. The second-order valence-electron chi connectivity index (χ2n) is 5.25. The van der Waals surface area contributed by atoms with Crippen LogP contribution in [0.1, 0.15) is 16.8 Å². The molecule has 126 valence electrons. The Labute approximate surface area is 134 Å². The SMILES string of the molecule is COc1cc(OC)c([N+](=O)[O-])cc1C(=O)CCN1CCNCC1. The maximum Gasteiger partial charge on any atom is 0.311 e. The fraction of sp³-hybridized carbons (Fsp3) is 0.533. The van der Waals surface area contributed by atoms with Gasteiger partial charge < -0.3 is 19.7 Å². The first-order valence-corrected chi connectivity index (χ1v) is 7.43. The summed E-state index contributed by atoms with van der Waals surface area (Å²) >= 11 is 0. The molecular weight excluding hydrogens is 302 g/mol. The average Bonchev–Trinajstić information content (AvgIpc) is 2.59. The molecule has 2 rings (SSSR count). The number of carbonyl (C=O) groups excluding carboxylic acids is 1. The van der Waals surface area contributed by atoms with Crippen molar-refractivity contribution >= 4 is 11.5 Å². The monoisotopic (exact) mass is 323 g/mol. The first kappa shape index (κ1) is 17.2. The predicted molar refractivity (Wildman–Crippen MR) is 84.5 cm³/mol. The van der Waals surface area contributed by atoms with Crippen LogP contribution in [0.4, 0.5) is 5.69 Å².